The van der Waals surface area contributed by atoms with E-state index in [1.807, 2.05) is 0 Å². The summed E-state index contributed by atoms with van der Waals surface area (Å²) in [6, 6.07) is 0. The summed E-state index contributed by atoms with van der Waals surface area (Å²) in [6.45, 7) is 7.03. The highest BCUT2D eigenvalue weighted by Gasteiger charge is 2.21. The Hall–Kier alpha value is -0.490. The fraction of sp³-hybridized carbons (Fsp3) is 0.750. The third-order valence-electron chi connectivity index (χ3n) is 2.75. The molecule has 0 aromatic carbocycles. The van der Waals surface area contributed by atoms with Crippen molar-refractivity contribution in [1.29, 1.82) is 0 Å². The van der Waals surface area contributed by atoms with E-state index in [9.17, 15) is 4.79 Å². The second-order valence-corrected chi connectivity index (χ2v) is 6.63. The molecule has 0 saturated heterocycles. The molecular formula is C12H20BrN3OS. The molecule has 6 heteroatoms. The van der Waals surface area contributed by atoms with Crippen LogP contribution in [-0.4, -0.2) is 27.4 Å². The number of nitrogens with one attached hydrogen (secondary N) is 1. The van der Waals surface area contributed by atoms with Crippen molar-refractivity contribution in [2.24, 2.45) is 5.41 Å². The van der Waals surface area contributed by atoms with Gasteiger partial charge in [0.1, 0.15) is 4.88 Å². The zero-order valence-electron chi connectivity index (χ0n) is 11.1. The largest absolute Gasteiger partial charge is 0.351 e. The average Bonchev–Trinajstić information content (AvgIpc) is 2.75. The number of aryl methyl sites for hydroxylation is 1. The van der Waals surface area contributed by atoms with E-state index in [-0.39, 0.29) is 11.3 Å². The van der Waals surface area contributed by atoms with Crippen LogP contribution in [0.15, 0.2) is 0 Å². The summed E-state index contributed by atoms with van der Waals surface area (Å²) >= 11 is 4.61. The fourth-order valence-corrected chi connectivity index (χ4v) is 3.22. The minimum absolute atomic E-state index is 0.0453. The smallest absolute Gasteiger partial charge is 0.264 e. The van der Waals surface area contributed by atoms with E-state index in [0.29, 0.717) is 11.4 Å². The van der Waals surface area contributed by atoms with Gasteiger partial charge in [0.05, 0.1) is 5.69 Å². The van der Waals surface area contributed by atoms with Gasteiger partial charge in [-0.3, -0.25) is 4.79 Å². The van der Waals surface area contributed by atoms with Crippen LogP contribution in [0.25, 0.3) is 0 Å². The Labute approximate surface area is 121 Å². The number of carbonyl (C=O) groups excluding carboxylic acids is 1. The first-order valence-corrected chi connectivity index (χ1v) is 8.05. The molecule has 1 aromatic rings. The number of nitrogens with zero attached hydrogens (tertiary/aromatic N) is 2. The molecule has 0 bridgehead atoms. The van der Waals surface area contributed by atoms with Crippen molar-refractivity contribution in [2.75, 3.05) is 11.9 Å². The van der Waals surface area contributed by atoms with Gasteiger partial charge < -0.3 is 5.32 Å². The maximum atomic E-state index is 12.1. The van der Waals surface area contributed by atoms with Crippen LogP contribution in [0.2, 0.25) is 0 Å². The van der Waals surface area contributed by atoms with Gasteiger partial charge >= 0.3 is 0 Å². The molecule has 1 N–H and O–H groups in total. The number of carbonyl (C=O) groups is 1. The number of aromatic nitrogens is 2. The Morgan fingerprint density at radius 2 is 2.22 bits per heavy atom. The third-order valence-corrected chi connectivity index (χ3v) is 3.91. The Bertz CT molecular complexity index is 392. The Morgan fingerprint density at radius 3 is 2.83 bits per heavy atom. The second kappa shape index (κ2) is 7.19. The van der Waals surface area contributed by atoms with Crippen LogP contribution in [0, 0.1) is 5.41 Å². The highest BCUT2D eigenvalue weighted by Crippen LogP contribution is 2.20. The lowest BCUT2D eigenvalue weighted by atomic mass is 9.90. The summed E-state index contributed by atoms with van der Waals surface area (Å²) in [5.41, 5.74) is 0.917. The van der Waals surface area contributed by atoms with E-state index >= 15 is 0 Å². The number of alkyl halides is 1. The molecule has 0 spiro atoms. The summed E-state index contributed by atoms with van der Waals surface area (Å²) in [5, 5.41) is 7.93. The van der Waals surface area contributed by atoms with E-state index in [4.69, 9.17) is 0 Å². The van der Waals surface area contributed by atoms with Gasteiger partial charge in [0, 0.05) is 11.9 Å². The van der Waals surface area contributed by atoms with Crippen LogP contribution in [-0.2, 0) is 6.42 Å². The first-order chi connectivity index (χ1) is 8.50. The molecule has 0 unspecified atom stereocenters. The summed E-state index contributed by atoms with van der Waals surface area (Å²) in [7, 11) is 0. The number of amides is 1. The van der Waals surface area contributed by atoms with Crippen molar-refractivity contribution in [1.82, 2.24) is 14.9 Å². The molecule has 0 aliphatic heterocycles. The number of hydrogen-bond donors (Lipinski definition) is 1. The predicted molar refractivity (Wildman–Crippen MR) is 78.4 cm³/mol. The zero-order chi connectivity index (χ0) is 13.6. The van der Waals surface area contributed by atoms with E-state index in [1.165, 1.54) is 11.5 Å². The fourth-order valence-electron chi connectivity index (χ4n) is 1.53. The lowest BCUT2D eigenvalue weighted by Gasteiger charge is -2.23. The number of hydrogen-bond acceptors (Lipinski definition) is 4. The predicted octanol–water partition coefficient (Wildman–Crippen LogP) is 3.03. The van der Waals surface area contributed by atoms with Crippen LogP contribution in [0.5, 0.6) is 0 Å². The molecule has 0 fully saturated rings. The van der Waals surface area contributed by atoms with Gasteiger partial charge in [0.25, 0.3) is 5.91 Å². The van der Waals surface area contributed by atoms with Gasteiger partial charge in [-0.2, -0.15) is 0 Å². The highest BCUT2D eigenvalue weighted by atomic mass is 79.9. The number of halogens is 1. The molecule has 18 heavy (non-hydrogen) atoms. The van der Waals surface area contributed by atoms with Gasteiger partial charge in [-0.1, -0.05) is 47.6 Å². The summed E-state index contributed by atoms with van der Waals surface area (Å²) in [6.07, 6.45) is 2.81. The van der Waals surface area contributed by atoms with Gasteiger partial charge in [-0.25, -0.2) is 0 Å². The molecule has 0 radical (unpaired) electrons. The van der Waals surface area contributed by atoms with Crippen LogP contribution in [0.1, 0.15) is 49.0 Å². The van der Waals surface area contributed by atoms with Crippen molar-refractivity contribution in [2.45, 2.75) is 40.0 Å². The lowest BCUT2D eigenvalue weighted by Crippen LogP contribution is -2.34. The first kappa shape index (κ1) is 15.6. The van der Waals surface area contributed by atoms with Crippen molar-refractivity contribution in [3.8, 4) is 0 Å². The molecule has 102 valence electrons. The molecule has 0 aliphatic rings. The molecule has 0 saturated carbocycles. The Kier molecular flexibility index (Phi) is 6.21. The average molecular weight is 334 g/mol. The van der Waals surface area contributed by atoms with Gasteiger partial charge in [-0.05, 0) is 29.8 Å². The van der Waals surface area contributed by atoms with Gasteiger partial charge in [-0.15, -0.1) is 5.10 Å². The second-order valence-electron chi connectivity index (χ2n) is 5.08. The quantitative estimate of drug-likeness (QED) is 0.780. The van der Waals surface area contributed by atoms with Gasteiger partial charge in [0.2, 0.25) is 0 Å². The maximum absolute atomic E-state index is 12.1. The van der Waals surface area contributed by atoms with E-state index < -0.39 is 0 Å². The maximum Gasteiger partial charge on any atom is 0.264 e. The molecule has 1 heterocycles. The standard InChI is InChI=1S/C12H20BrN3OS/c1-4-5-9-10(18-16-15-9)11(17)14-8-12(2,3)6-7-13/h4-8H2,1-3H3,(H,14,17). The number of rotatable bonds is 7. The minimum Gasteiger partial charge on any atom is -0.351 e. The summed E-state index contributed by atoms with van der Waals surface area (Å²) < 4.78 is 3.87. The van der Waals surface area contributed by atoms with Crippen LogP contribution >= 0.6 is 27.5 Å². The van der Waals surface area contributed by atoms with E-state index in [1.54, 1.807) is 0 Å². The molecule has 1 rings (SSSR count). The normalized spacial score (nSPS) is 11.6. The summed E-state index contributed by atoms with van der Waals surface area (Å²) in [4.78, 5) is 12.7. The molecule has 1 amide bonds. The Balaban J connectivity index is 2.57. The molecule has 0 aliphatic carbocycles. The molecule has 1 aromatic heterocycles. The molecular weight excluding hydrogens is 314 g/mol. The monoisotopic (exact) mass is 333 g/mol. The van der Waals surface area contributed by atoms with E-state index in [2.05, 4.69) is 51.6 Å². The third kappa shape index (κ3) is 4.65. The minimum atomic E-state index is -0.0453. The van der Waals surface area contributed by atoms with Gasteiger partial charge in [0.15, 0.2) is 0 Å². The van der Waals surface area contributed by atoms with Crippen LogP contribution in [0.4, 0.5) is 0 Å². The SMILES string of the molecule is CCCc1nnsc1C(=O)NCC(C)(C)CCBr. The zero-order valence-corrected chi connectivity index (χ0v) is 13.5. The van der Waals surface area contributed by atoms with Crippen molar-refractivity contribution in [3.05, 3.63) is 10.6 Å². The first-order valence-electron chi connectivity index (χ1n) is 6.15. The van der Waals surface area contributed by atoms with Crippen molar-refractivity contribution in [3.63, 3.8) is 0 Å². The highest BCUT2D eigenvalue weighted by molar-refractivity contribution is 9.09. The Morgan fingerprint density at radius 1 is 1.50 bits per heavy atom. The van der Waals surface area contributed by atoms with Crippen molar-refractivity contribution < 1.29 is 4.79 Å². The topological polar surface area (TPSA) is 54.9 Å². The van der Waals surface area contributed by atoms with Crippen LogP contribution in [0.3, 0.4) is 0 Å². The van der Waals surface area contributed by atoms with Crippen molar-refractivity contribution >= 4 is 33.4 Å². The molecule has 0 atom stereocenters. The molecule has 4 nitrogen and oxygen atoms in total. The summed E-state index contributed by atoms with van der Waals surface area (Å²) in [5.74, 6) is -0.0453. The van der Waals surface area contributed by atoms with Crippen LogP contribution < -0.4 is 5.32 Å². The van der Waals surface area contributed by atoms with E-state index in [0.717, 1.165) is 30.3 Å². The lowest BCUT2D eigenvalue weighted by molar-refractivity contribution is 0.0939.